The van der Waals surface area contributed by atoms with Gasteiger partial charge in [0.2, 0.25) is 15.7 Å². The maximum absolute atomic E-state index is 14.0. The molecule has 6 aliphatic rings. The summed E-state index contributed by atoms with van der Waals surface area (Å²) in [5, 5.41) is 11.7. The Morgan fingerprint density at radius 2 is 1.58 bits per heavy atom. The number of sulfone groups is 1. The summed E-state index contributed by atoms with van der Waals surface area (Å²) in [4.78, 5) is 14.3. The zero-order valence-corrected chi connectivity index (χ0v) is 30.4. The second-order valence-corrected chi connectivity index (χ2v) is 18.5. The zero-order valence-electron chi connectivity index (χ0n) is 28.9. The second-order valence-electron chi connectivity index (χ2n) is 16.2. The SMILES string of the molecule is Cc1ccc(S(=O)(=O)c2ccc(CNC(=O)C3CC45CNC6(CCCCCCC(CCC6)C6CCCCCCC64)CC5N3)cc2)c(Cl)c1. The normalized spacial score (nSPS) is 34.3. The van der Waals surface area contributed by atoms with Gasteiger partial charge >= 0.3 is 0 Å². The van der Waals surface area contributed by atoms with E-state index in [1.807, 2.05) is 6.92 Å². The molecule has 262 valence electrons. The van der Waals surface area contributed by atoms with Crippen LogP contribution in [0.4, 0.5) is 0 Å². The average molecular weight is 694 g/mol. The minimum absolute atomic E-state index is 0.0763. The van der Waals surface area contributed by atoms with Crippen molar-refractivity contribution in [3.8, 4) is 0 Å². The van der Waals surface area contributed by atoms with Crippen LogP contribution in [0.3, 0.4) is 0 Å². The molecule has 3 saturated carbocycles. The molecule has 3 aliphatic carbocycles. The van der Waals surface area contributed by atoms with E-state index >= 15 is 0 Å². The Hall–Kier alpha value is -1.93. The van der Waals surface area contributed by atoms with Crippen molar-refractivity contribution in [2.75, 3.05) is 6.54 Å². The molecular weight excluding hydrogens is 638 g/mol. The van der Waals surface area contributed by atoms with Crippen molar-refractivity contribution in [1.29, 1.82) is 0 Å². The topological polar surface area (TPSA) is 87.3 Å². The molecular formula is C40H56ClN3O3S. The molecule has 7 atom stereocenters. The van der Waals surface area contributed by atoms with Crippen LogP contribution in [-0.4, -0.2) is 38.5 Å². The maximum atomic E-state index is 14.0. The van der Waals surface area contributed by atoms with Crippen molar-refractivity contribution in [3.05, 3.63) is 58.6 Å². The lowest BCUT2D eigenvalue weighted by atomic mass is 9.54. The zero-order chi connectivity index (χ0) is 33.4. The van der Waals surface area contributed by atoms with Crippen molar-refractivity contribution >= 4 is 27.3 Å². The molecule has 3 heterocycles. The Balaban J connectivity index is 1.10. The lowest BCUT2D eigenvalue weighted by molar-refractivity contribution is -0.123. The molecule has 7 unspecified atom stereocenters. The van der Waals surface area contributed by atoms with Gasteiger partial charge in [-0.15, -0.1) is 0 Å². The van der Waals surface area contributed by atoms with E-state index in [1.54, 1.807) is 42.5 Å². The highest BCUT2D eigenvalue weighted by atomic mass is 35.5. The first-order chi connectivity index (χ1) is 23.2. The number of amides is 1. The van der Waals surface area contributed by atoms with Gasteiger partial charge in [0.1, 0.15) is 0 Å². The summed E-state index contributed by atoms with van der Waals surface area (Å²) in [6, 6.07) is 12.0. The van der Waals surface area contributed by atoms with E-state index in [9.17, 15) is 13.2 Å². The van der Waals surface area contributed by atoms with Gasteiger partial charge in [-0.2, -0.15) is 0 Å². The van der Waals surface area contributed by atoms with Gasteiger partial charge in [0.05, 0.1) is 20.9 Å². The Bertz CT molecular complexity index is 1560. The monoisotopic (exact) mass is 693 g/mol. The molecule has 2 spiro atoms. The molecule has 2 aromatic carbocycles. The molecule has 8 heteroatoms. The molecule has 0 aromatic heterocycles. The molecule has 8 rings (SSSR count). The number of fused-ring (bicyclic) bond motifs is 1. The van der Waals surface area contributed by atoms with Gasteiger partial charge in [-0.25, -0.2) is 8.42 Å². The van der Waals surface area contributed by atoms with E-state index in [2.05, 4.69) is 16.0 Å². The van der Waals surface area contributed by atoms with Crippen molar-refractivity contribution < 1.29 is 13.2 Å². The first-order valence-corrected chi connectivity index (χ1v) is 20.9. The molecule has 48 heavy (non-hydrogen) atoms. The van der Waals surface area contributed by atoms with Crippen LogP contribution in [0, 0.1) is 30.1 Å². The van der Waals surface area contributed by atoms with Gasteiger partial charge in [-0.3, -0.25) is 4.79 Å². The summed E-state index contributed by atoms with van der Waals surface area (Å²) in [5.74, 6) is 2.35. The standard InChI is InChI=1S/C40H56ClN3O3S/c1-28-15-20-36(34(41)23-28)48(46,47)31-18-16-29(17-19-31)26-42-38(45)35-24-40-27-43-39(25-37(40)44-35)21-9-5-4-6-11-30(12-10-22-39)32-13-7-2-3-8-14-33(32)40/h15-20,23,30,32-33,35,37,43-44H,2-14,21-22,24-27H2,1H3,(H,42,45). The minimum atomic E-state index is -3.74. The molecule has 3 N–H and O–H groups in total. The highest BCUT2D eigenvalue weighted by molar-refractivity contribution is 7.91. The van der Waals surface area contributed by atoms with Crippen LogP contribution in [0.1, 0.15) is 120 Å². The number of halogens is 1. The molecule has 0 radical (unpaired) electrons. The minimum Gasteiger partial charge on any atom is -0.351 e. The van der Waals surface area contributed by atoms with Crippen molar-refractivity contribution in [3.63, 3.8) is 0 Å². The number of carbonyl (C=O) groups is 1. The van der Waals surface area contributed by atoms with Gasteiger partial charge < -0.3 is 16.0 Å². The summed E-state index contributed by atoms with van der Waals surface area (Å²) in [7, 11) is -3.74. The van der Waals surface area contributed by atoms with Crippen LogP contribution >= 0.6 is 11.6 Å². The van der Waals surface area contributed by atoms with Crippen LogP contribution in [-0.2, 0) is 21.2 Å². The predicted octanol–water partition coefficient (Wildman–Crippen LogP) is 8.29. The lowest BCUT2D eigenvalue weighted by Crippen LogP contribution is -2.65. The molecule has 3 saturated heterocycles. The van der Waals surface area contributed by atoms with E-state index in [4.69, 9.17) is 11.6 Å². The lowest BCUT2D eigenvalue weighted by Gasteiger charge is -2.56. The van der Waals surface area contributed by atoms with Crippen LogP contribution in [0.5, 0.6) is 0 Å². The summed E-state index contributed by atoms with van der Waals surface area (Å²) < 4.78 is 26.6. The molecule has 6 fully saturated rings. The van der Waals surface area contributed by atoms with Crippen LogP contribution in [0.2, 0.25) is 5.02 Å². The highest BCUT2D eigenvalue weighted by Crippen LogP contribution is 2.56. The quantitative estimate of drug-likeness (QED) is 0.293. The fourth-order valence-electron chi connectivity index (χ4n) is 10.8. The smallest absolute Gasteiger partial charge is 0.237 e. The number of piperidine rings is 1. The van der Waals surface area contributed by atoms with E-state index in [1.165, 1.54) is 96.3 Å². The second kappa shape index (κ2) is 14.4. The number of nitrogens with one attached hydrogen (secondary N) is 3. The van der Waals surface area contributed by atoms with Gasteiger partial charge in [0.25, 0.3) is 0 Å². The molecule has 3 aliphatic heterocycles. The first kappa shape index (κ1) is 34.5. The number of carbonyl (C=O) groups excluding carboxylic acids is 1. The predicted molar refractivity (Wildman–Crippen MR) is 193 cm³/mol. The van der Waals surface area contributed by atoms with Crippen molar-refractivity contribution in [2.24, 2.45) is 23.2 Å². The number of benzene rings is 2. The van der Waals surface area contributed by atoms with E-state index in [0.717, 1.165) is 42.3 Å². The van der Waals surface area contributed by atoms with Gasteiger partial charge in [0.15, 0.2) is 0 Å². The number of hydrogen-bond acceptors (Lipinski definition) is 5. The van der Waals surface area contributed by atoms with Crippen molar-refractivity contribution in [2.45, 2.75) is 150 Å². The van der Waals surface area contributed by atoms with E-state index < -0.39 is 9.84 Å². The Morgan fingerprint density at radius 1 is 0.875 bits per heavy atom. The Labute approximate surface area is 293 Å². The number of aryl methyl sites for hydroxylation is 1. The van der Waals surface area contributed by atoms with E-state index in [-0.39, 0.29) is 37.7 Å². The van der Waals surface area contributed by atoms with E-state index in [0.29, 0.717) is 18.5 Å². The summed E-state index contributed by atoms with van der Waals surface area (Å²) in [5.41, 5.74) is 2.10. The Morgan fingerprint density at radius 3 is 2.38 bits per heavy atom. The molecule has 3 bridgehead atoms. The van der Waals surface area contributed by atoms with Gasteiger partial charge in [-0.1, -0.05) is 100 Å². The average Bonchev–Trinajstić information content (AvgIpc) is 3.42. The molecule has 2 aromatic rings. The summed E-state index contributed by atoms with van der Waals surface area (Å²) in [6.07, 6.45) is 22.3. The fourth-order valence-corrected chi connectivity index (χ4v) is 12.7. The summed E-state index contributed by atoms with van der Waals surface area (Å²) in [6.45, 7) is 3.30. The number of rotatable bonds is 5. The fraction of sp³-hybridized carbons (Fsp3) is 0.675. The largest absolute Gasteiger partial charge is 0.351 e. The van der Waals surface area contributed by atoms with Crippen LogP contribution < -0.4 is 16.0 Å². The molecule has 6 nitrogen and oxygen atoms in total. The molecule has 1 amide bonds. The third-order valence-corrected chi connectivity index (χ3v) is 15.6. The van der Waals surface area contributed by atoms with Crippen LogP contribution in [0.15, 0.2) is 52.3 Å². The number of hydrogen-bond donors (Lipinski definition) is 3. The van der Waals surface area contributed by atoms with Gasteiger partial charge in [-0.05, 0) is 98.6 Å². The summed E-state index contributed by atoms with van der Waals surface area (Å²) >= 11 is 6.31. The highest BCUT2D eigenvalue weighted by Gasteiger charge is 2.60. The van der Waals surface area contributed by atoms with Crippen molar-refractivity contribution in [1.82, 2.24) is 16.0 Å². The van der Waals surface area contributed by atoms with Crippen LogP contribution in [0.25, 0.3) is 0 Å². The third kappa shape index (κ3) is 6.87. The maximum Gasteiger partial charge on any atom is 0.237 e. The van der Waals surface area contributed by atoms with Gasteiger partial charge in [0, 0.05) is 30.1 Å². The Kier molecular flexibility index (Phi) is 10.3. The third-order valence-electron chi connectivity index (χ3n) is 13.3. The first-order valence-electron chi connectivity index (χ1n) is 19.1.